The van der Waals surface area contributed by atoms with Crippen LogP contribution in [-0.2, 0) is 15.2 Å². The van der Waals surface area contributed by atoms with Gasteiger partial charge in [-0.2, -0.15) is 0 Å². The number of benzene rings is 1. The van der Waals surface area contributed by atoms with Crippen molar-refractivity contribution in [2.45, 2.75) is 6.36 Å². The number of rotatable bonds is 4. The van der Waals surface area contributed by atoms with E-state index in [2.05, 4.69) is 8.92 Å². The average Bonchev–Trinajstić information content (AvgIpc) is 2.14. The Morgan fingerprint density at radius 3 is 2.38 bits per heavy atom. The lowest BCUT2D eigenvalue weighted by atomic mass is 10.2. The van der Waals surface area contributed by atoms with E-state index in [1.807, 2.05) is 0 Å². The van der Waals surface area contributed by atoms with Crippen LogP contribution in [0.2, 0.25) is 0 Å². The second-order valence-electron chi connectivity index (χ2n) is 2.53. The van der Waals surface area contributed by atoms with E-state index >= 15 is 0 Å². The standard InChI is InChI=1S/C8H6F3O4S/c9-8(10,11)15-7-4-2-1-3-6(7)5-14-16(12)13/h1-5,16H. The monoisotopic (exact) mass is 255 g/mol. The van der Waals surface area contributed by atoms with Gasteiger partial charge in [-0.1, -0.05) is 18.2 Å². The molecule has 0 aliphatic rings. The number of halogens is 3. The van der Waals surface area contributed by atoms with Crippen LogP contribution in [0.4, 0.5) is 13.2 Å². The number of alkyl halides is 3. The zero-order chi connectivity index (χ0) is 12.2. The molecule has 4 nitrogen and oxygen atoms in total. The van der Waals surface area contributed by atoms with Crippen LogP contribution in [-0.4, -0.2) is 14.8 Å². The lowest BCUT2D eigenvalue weighted by molar-refractivity contribution is -0.274. The Balaban J connectivity index is 2.83. The number of ether oxygens (including phenoxy) is 1. The summed E-state index contributed by atoms with van der Waals surface area (Å²) in [4.78, 5) is 0. The third-order valence-electron chi connectivity index (χ3n) is 1.41. The zero-order valence-corrected chi connectivity index (χ0v) is 8.50. The van der Waals surface area contributed by atoms with Gasteiger partial charge >= 0.3 is 6.36 Å². The van der Waals surface area contributed by atoms with E-state index in [0.717, 1.165) is 6.07 Å². The Morgan fingerprint density at radius 2 is 1.81 bits per heavy atom. The highest BCUT2D eigenvalue weighted by Gasteiger charge is 2.32. The smallest absolute Gasteiger partial charge is 0.405 e. The van der Waals surface area contributed by atoms with Crippen molar-refractivity contribution in [3.8, 4) is 5.75 Å². The van der Waals surface area contributed by atoms with Crippen molar-refractivity contribution < 1.29 is 30.5 Å². The van der Waals surface area contributed by atoms with Crippen molar-refractivity contribution in [3.63, 3.8) is 0 Å². The quantitative estimate of drug-likeness (QED) is 0.831. The fourth-order valence-corrected chi connectivity index (χ4v) is 1.09. The summed E-state index contributed by atoms with van der Waals surface area (Å²) in [6, 6.07) is 4.99. The lowest BCUT2D eigenvalue weighted by Gasteiger charge is -2.11. The van der Waals surface area contributed by atoms with Gasteiger partial charge in [0.2, 0.25) is 0 Å². The third-order valence-corrected chi connectivity index (χ3v) is 1.69. The van der Waals surface area contributed by atoms with Gasteiger partial charge in [0.05, 0.1) is 0 Å². The maximum atomic E-state index is 11.9. The Kier molecular flexibility index (Phi) is 4.13. The van der Waals surface area contributed by atoms with Gasteiger partial charge in [-0.3, -0.25) is 4.18 Å². The van der Waals surface area contributed by atoms with Crippen LogP contribution in [0.1, 0.15) is 5.56 Å². The summed E-state index contributed by atoms with van der Waals surface area (Å²) in [5.74, 6) is -0.535. The van der Waals surface area contributed by atoms with Crippen LogP contribution >= 0.6 is 0 Å². The molecule has 0 atom stereocenters. The molecule has 0 aliphatic carbocycles. The van der Waals surface area contributed by atoms with Crippen LogP contribution in [0.5, 0.6) is 5.75 Å². The molecule has 0 unspecified atom stereocenters. The lowest BCUT2D eigenvalue weighted by Crippen LogP contribution is -2.18. The molecule has 0 N–H and O–H groups in total. The second kappa shape index (κ2) is 5.17. The van der Waals surface area contributed by atoms with Gasteiger partial charge in [-0.15, -0.1) is 13.2 Å². The van der Waals surface area contributed by atoms with Gasteiger partial charge in [-0.05, 0) is 6.07 Å². The van der Waals surface area contributed by atoms with E-state index in [-0.39, 0.29) is 5.56 Å². The molecular formula is C8H6F3O4S. The Bertz CT molecular complexity index is 420. The summed E-state index contributed by atoms with van der Waals surface area (Å²) in [7, 11) is -3.16. The highest BCUT2D eigenvalue weighted by Crippen LogP contribution is 2.27. The molecule has 16 heavy (non-hydrogen) atoms. The molecule has 0 spiro atoms. The molecule has 0 amide bonds. The van der Waals surface area contributed by atoms with Gasteiger partial charge < -0.3 is 4.74 Å². The van der Waals surface area contributed by atoms with Gasteiger partial charge in [0.25, 0.3) is 11.0 Å². The molecule has 1 rings (SSSR count). The average molecular weight is 255 g/mol. The highest BCUT2D eigenvalue weighted by molar-refractivity contribution is 7.67. The molecule has 89 valence electrons. The summed E-state index contributed by atoms with van der Waals surface area (Å²) in [5.41, 5.74) is -0.126. The molecule has 1 radical (unpaired) electrons. The first-order valence-corrected chi connectivity index (χ1v) is 4.97. The van der Waals surface area contributed by atoms with E-state index in [1.54, 1.807) is 0 Å². The molecule has 0 heterocycles. The summed E-state index contributed by atoms with van der Waals surface area (Å²) >= 11 is 0. The third kappa shape index (κ3) is 4.49. The fourth-order valence-electron chi connectivity index (χ4n) is 0.895. The minimum atomic E-state index is -4.84. The van der Waals surface area contributed by atoms with Crippen molar-refractivity contribution in [1.82, 2.24) is 0 Å². The minimum Gasteiger partial charge on any atom is -0.405 e. The minimum absolute atomic E-state index is 0.126. The Labute approximate surface area is 90.8 Å². The normalized spacial score (nSPS) is 11.8. The number of thiol groups is 1. The predicted molar refractivity (Wildman–Crippen MR) is 47.9 cm³/mol. The Morgan fingerprint density at radius 1 is 1.19 bits per heavy atom. The summed E-state index contributed by atoms with van der Waals surface area (Å²) in [6.45, 7) is 0.660. The van der Waals surface area contributed by atoms with Gasteiger partial charge in [0, 0.05) is 5.56 Å². The summed E-state index contributed by atoms with van der Waals surface area (Å²) in [6.07, 6.45) is -4.84. The SMILES string of the molecule is O=[SH](=O)O[CH]c1ccccc1OC(F)(F)F. The molecule has 8 heteroatoms. The van der Waals surface area contributed by atoms with Gasteiger partial charge in [0.1, 0.15) is 12.4 Å². The number of para-hydroxylation sites is 1. The Hall–Kier alpha value is -1.28. The first-order valence-electron chi connectivity index (χ1n) is 3.87. The predicted octanol–water partition coefficient (Wildman–Crippen LogP) is 1.64. The molecule has 1 aromatic rings. The van der Waals surface area contributed by atoms with Gasteiger partial charge in [0.15, 0.2) is 0 Å². The highest BCUT2D eigenvalue weighted by atomic mass is 32.2. The summed E-state index contributed by atoms with van der Waals surface area (Å²) in [5, 5.41) is 0. The maximum absolute atomic E-state index is 11.9. The number of hydrogen-bond donors (Lipinski definition) is 1. The van der Waals surface area contributed by atoms with Crippen molar-refractivity contribution in [2.75, 3.05) is 0 Å². The first kappa shape index (κ1) is 12.8. The second-order valence-corrected chi connectivity index (χ2v) is 3.19. The summed E-state index contributed by atoms with van der Waals surface area (Å²) < 4.78 is 63.7. The maximum Gasteiger partial charge on any atom is 0.573 e. The van der Waals surface area contributed by atoms with Crippen molar-refractivity contribution in [3.05, 3.63) is 36.4 Å². The number of hydrogen-bond acceptors (Lipinski definition) is 4. The molecule has 1 aromatic carbocycles. The molecule has 0 aliphatic heterocycles. The topological polar surface area (TPSA) is 52.6 Å². The molecule has 0 fully saturated rings. The van der Waals surface area contributed by atoms with Crippen molar-refractivity contribution in [1.29, 1.82) is 0 Å². The molecule has 0 saturated carbocycles. The zero-order valence-electron chi connectivity index (χ0n) is 7.60. The van der Waals surface area contributed by atoms with Crippen molar-refractivity contribution >= 4 is 11.0 Å². The van der Waals surface area contributed by atoms with Crippen LogP contribution in [0.3, 0.4) is 0 Å². The molecular weight excluding hydrogens is 249 g/mol. The molecule has 0 bridgehead atoms. The van der Waals surface area contributed by atoms with Crippen LogP contribution in [0.15, 0.2) is 24.3 Å². The van der Waals surface area contributed by atoms with E-state index in [4.69, 9.17) is 0 Å². The van der Waals surface area contributed by atoms with E-state index in [0.29, 0.717) is 6.61 Å². The van der Waals surface area contributed by atoms with E-state index in [1.165, 1.54) is 18.2 Å². The largest absolute Gasteiger partial charge is 0.573 e. The van der Waals surface area contributed by atoms with Crippen molar-refractivity contribution in [2.24, 2.45) is 0 Å². The van der Waals surface area contributed by atoms with Gasteiger partial charge in [-0.25, -0.2) is 8.42 Å². The molecule has 0 saturated heterocycles. The van der Waals surface area contributed by atoms with Crippen LogP contribution < -0.4 is 4.74 Å². The van der Waals surface area contributed by atoms with E-state index < -0.39 is 23.1 Å². The van der Waals surface area contributed by atoms with Crippen LogP contribution in [0.25, 0.3) is 0 Å². The van der Waals surface area contributed by atoms with Crippen LogP contribution in [0, 0.1) is 6.61 Å². The van der Waals surface area contributed by atoms with E-state index in [9.17, 15) is 21.6 Å². The molecule has 0 aromatic heterocycles. The fraction of sp³-hybridized carbons (Fsp3) is 0.125. The first-order chi connectivity index (χ1) is 7.38.